The summed E-state index contributed by atoms with van der Waals surface area (Å²) in [7, 11) is 3.14. The summed E-state index contributed by atoms with van der Waals surface area (Å²) >= 11 is 0. The highest BCUT2D eigenvalue weighted by Crippen LogP contribution is 2.25. The molecule has 0 amide bonds. The summed E-state index contributed by atoms with van der Waals surface area (Å²) in [6.07, 6.45) is -5.59. The van der Waals surface area contributed by atoms with Gasteiger partial charge >= 0.3 is 0 Å². The number of hydrogen-bond donors (Lipinski definition) is 5. The molecule has 0 aliphatic carbocycles. The second-order valence-electron chi connectivity index (χ2n) is 5.68. The monoisotopic (exact) mass is 343 g/mol. The average Bonchev–Trinajstić information content (AvgIpc) is 2.61. The van der Waals surface area contributed by atoms with Gasteiger partial charge in [0.1, 0.15) is 35.9 Å². The lowest BCUT2D eigenvalue weighted by Crippen LogP contribution is -2.60. The van der Waals surface area contributed by atoms with Crippen LogP contribution < -0.4 is 14.8 Å². The highest BCUT2D eigenvalue weighted by Gasteiger charge is 2.42. The standard InChI is InChI=1S/C16H25NO7/c1-22-10-4-3-9(11(5-10)23-2)6-17-7-12-14(19)16(21)15(20)13(8-18)24-12/h3-5,12-21H,6-8H2,1-2H3/t12-,13+,14-,15+,16+/m0/s1. The van der Waals surface area contributed by atoms with Crippen molar-refractivity contribution >= 4 is 0 Å². The van der Waals surface area contributed by atoms with E-state index in [1.807, 2.05) is 12.1 Å². The Labute approximate surface area is 140 Å². The molecule has 24 heavy (non-hydrogen) atoms. The average molecular weight is 343 g/mol. The van der Waals surface area contributed by atoms with Crippen molar-refractivity contribution in [3.05, 3.63) is 23.8 Å². The Bertz CT molecular complexity index is 525. The summed E-state index contributed by atoms with van der Waals surface area (Å²) in [4.78, 5) is 0. The van der Waals surface area contributed by atoms with Crippen molar-refractivity contribution in [2.45, 2.75) is 37.1 Å². The Kier molecular flexibility index (Phi) is 6.79. The molecule has 1 aliphatic rings. The number of methoxy groups -OCH3 is 2. The van der Waals surface area contributed by atoms with Crippen LogP contribution in [0.5, 0.6) is 11.5 Å². The van der Waals surface area contributed by atoms with E-state index < -0.39 is 37.1 Å². The normalized spacial score (nSPS) is 30.2. The van der Waals surface area contributed by atoms with Gasteiger partial charge in [-0.1, -0.05) is 6.07 Å². The summed E-state index contributed by atoms with van der Waals surface area (Å²) in [5.74, 6) is 1.35. The summed E-state index contributed by atoms with van der Waals surface area (Å²) in [6.45, 7) is 0.243. The number of hydrogen-bond acceptors (Lipinski definition) is 8. The van der Waals surface area contributed by atoms with Crippen molar-refractivity contribution in [2.75, 3.05) is 27.4 Å². The van der Waals surface area contributed by atoms with Crippen LogP contribution in [0.3, 0.4) is 0 Å². The Morgan fingerprint density at radius 3 is 2.38 bits per heavy atom. The van der Waals surface area contributed by atoms with Crippen molar-refractivity contribution < 1.29 is 34.6 Å². The molecule has 5 N–H and O–H groups in total. The largest absolute Gasteiger partial charge is 0.497 e. The predicted octanol–water partition coefficient (Wildman–Crippen LogP) is -1.36. The van der Waals surface area contributed by atoms with Gasteiger partial charge in [0.2, 0.25) is 0 Å². The molecule has 8 heteroatoms. The first-order valence-corrected chi connectivity index (χ1v) is 7.74. The molecule has 0 saturated carbocycles. The Hall–Kier alpha value is -1.42. The first-order chi connectivity index (χ1) is 11.5. The number of rotatable bonds is 7. The SMILES string of the molecule is COc1ccc(CNC[C@@H]2O[C@H](CO)[C@@H](O)[C@H](O)[C@H]2O)c(OC)c1. The Morgan fingerprint density at radius 2 is 1.75 bits per heavy atom. The van der Waals surface area contributed by atoms with Gasteiger partial charge in [-0.2, -0.15) is 0 Å². The van der Waals surface area contributed by atoms with Crippen molar-refractivity contribution in [2.24, 2.45) is 0 Å². The fourth-order valence-corrected chi connectivity index (χ4v) is 2.69. The van der Waals surface area contributed by atoms with E-state index in [-0.39, 0.29) is 6.54 Å². The fraction of sp³-hybridized carbons (Fsp3) is 0.625. The molecule has 0 bridgehead atoms. The van der Waals surface area contributed by atoms with Crippen LogP contribution in [0.1, 0.15) is 5.56 Å². The summed E-state index contributed by atoms with van der Waals surface area (Å²) in [6, 6.07) is 5.44. The molecule has 0 aromatic heterocycles. The number of nitrogens with one attached hydrogen (secondary N) is 1. The molecular weight excluding hydrogens is 318 g/mol. The maximum Gasteiger partial charge on any atom is 0.127 e. The quantitative estimate of drug-likeness (QED) is 0.412. The molecule has 1 heterocycles. The summed E-state index contributed by atoms with van der Waals surface area (Å²) < 4.78 is 15.9. The lowest BCUT2D eigenvalue weighted by Gasteiger charge is -2.40. The maximum atomic E-state index is 9.99. The molecular formula is C16H25NO7. The van der Waals surface area contributed by atoms with Crippen molar-refractivity contribution in [1.29, 1.82) is 0 Å². The van der Waals surface area contributed by atoms with Gasteiger partial charge in [-0.25, -0.2) is 0 Å². The second kappa shape index (κ2) is 8.61. The zero-order chi connectivity index (χ0) is 17.7. The van der Waals surface area contributed by atoms with Crippen LogP contribution in [0.2, 0.25) is 0 Å². The van der Waals surface area contributed by atoms with Crippen LogP contribution in [-0.2, 0) is 11.3 Å². The predicted molar refractivity (Wildman–Crippen MR) is 85.0 cm³/mol. The molecule has 0 radical (unpaired) electrons. The van der Waals surface area contributed by atoms with Gasteiger partial charge in [0.05, 0.1) is 26.9 Å². The van der Waals surface area contributed by atoms with Crippen molar-refractivity contribution in [3.8, 4) is 11.5 Å². The van der Waals surface area contributed by atoms with Gasteiger partial charge in [-0.05, 0) is 6.07 Å². The van der Waals surface area contributed by atoms with E-state index in [1.54, 1.807) is 20.3 Å². The minimum atomic E-state index is -1.36. The van der Waals surface area contributed by atoms with Crippen LogP contribution in [0, 0.1) is 0 Å². The van der Waals surface area contributed by atoms with Crippen LogP contribution in [0.4, 0.5) is 0 Å². The molecule has 1 aliphatic heterocycles. The van der Waals surface area contributed by atoms with Gasteiger partial charge in [0.15, 0.2) is 0 Å². The molecule has 136 valence electrons. The van der Waals surface area contributed by atoms with Crippen molar-refractivity contribution in [3.63, 3.8) is 0 Å². The topological polar surface area (TPSA) is 121 Å². The van der Waals surface area contributed by atoms with Gasteiger partial charge in [-0.15, -0.1) is 0 Å². The van der Waals surface area contributed by atoms with E-state index in [4.69, 9.17) is 14.2 Å². The Morgan fingerprint density at radius 1 is 1.04 bits per heavy atom. The summed E-state index contributed by atoms with van der Waals surface area (Å²) in [5, 5.41) is 41.8. The second-order valence-corrected chi connectivity index (χ2v) is 5.68. The molecule has 0 spiro atoms. The molecule has 1 saturated heterocycles. The van der Waals surface area contributed by atoms with E-state index in [0.717, 1.165) is 5.56 Å². The van der Waals surface area contributed by atoms with E-state index in [1.165, 1.54) is 0 Å². The number of benzene rings is 1. The molecule has 1 fully saturated rings. The van der Waals surface area contributed by atoms with Crippen molar-refractivity contribution in [1.82, 2.24) is 5.32 Å². The van der Waals surface area contributed by atoms with Gasteiger partial charge in [0, 0.05) is 24.7 Å². The minimum absolute atomic E-state index is 0.233. The molecule has 0 unspecified atom stereocenters. The zero-order valence-electron chi connectivity index (χ0n) is 13.8. The fourth-order valence-electron chi connectivity index (χ4n) is 2.69. The zero-order valence-corrected chi connectivity index (χ0v) is 13.8. The molecule has 2 rings (SSSR count). The first kappa shape index (κ1) is 18.9. The third-order valence-corrected chi connectivity index (χ3v) is 4.15. The molecule has 5 atom stereocenters. The van der Waals surface area contributed by atoms with E-state index in [2.05, 4.69) is 5.32 Å². The molecule has 1 aromatic rings. The van der Waals surface area contributed by atoms with Crippen LogP contribution in [-0.4, -0.2) is 78.3 Å². The molecule has 1 aromatic carbocycles. The van der Waals surface area contributed by atoms with Gasteiger partial charge in [-0.3, -0.25) is 0 Å². The minimum Gasteiger partial charge on any atom is -0.497 e. The first-order valence-electron chi connectivity index (χ1n) is 7.74. The Balaban J connectivity index is 1.94. The third kappa shape index (κ3) is 4.15. The number of ether oxygens (including phenoxy) is 3. The summed E-state index contributed by atoms with van der Waals surface area (Å²) in [5.41, 5.74) is 0.892. The van der Waals surface area contributed by atoms with E-state index in [9.17, 15) is 20.4 Å². The number of aliphatic hydroxyl groups is 4. The molecule has 8 nitrogen and oxygen atoms in total. The van der Waals surface area contributed by atoms with Crippen LogP contribution in [0.15, 0.2) is 18.2 Å². The van der Waals surface area contributed by atoms with Gasteiger partial charge < -0.3 is 40.0 Å². The number of aliphatic hydroxyl groups excluding tert-OH is 4. The smallest absolute Gasteiger partial charge is 0.127 e. The van der Waals surface area contributed by atoms with Gasteiger partial charge in [0.25, 0.3) is 0 Å². The highest BCUT2D eigenvalue weighted by molar-refractivity contribution is 5.40. The third-order valence-electron chi connectivity index (χ3n) is 4.15. The van der Waals surface area contributed by atoms with Crippen LogP contribution in [0.25, 0.3) is 0 Å². The maximum absolute atomic E-state index is 9.99. The van der Waals surface area contributed by atoms with Crippen LogP contribution >= 0.6 is 0 Å². The van der Waals surface area contributed by atoms with E-state index in [0.29, 0.717) is 18.0 Å². The lowest BCUT2D eigenvalue weighted by atomic mass is 9.95. The highest BCUT2D eigenvalue weighted by atomic mass is 16.5. The van der Waals surface area contributed by atoms with E-state index >= 15 is 0 Å². The lowest BCUT2D eigenvalue weighted by molar-refractivity contribution is -0.227.